The number of rotatable bonds is 4. The van der Waals surface area contributed by atoms with E-state index in [0.717, 1.165) is 19.3 Å². The van der Waals surface area contributed by atoms with Gasteiger partial charge in [0.2, 0.25) is 0 Å². The summed E-state index contributed by atoms with van der Waals surface area (Å²) in [6, 6.07) is 16.8. The average Bonchev–Trinajstić information content (AvgIpc) is 3.50. The van der Waals surface area contributed by atoms with E-state index >= 15 is 0 Å². The number of Topliss-reactive ketones (excluding diaryl/α,β-unsaturated/α-hetero) is 1. The monoisotopic (exact) mass is 492 g/mol. The number of amides is 1. The Hall–Kier alpha value is -4.00. The molecule has 2 unspecified atom stereocenters. The van der Waals surface area contributed by atoms with Gasteiger partial charge in [-0.3, -0.25) is 14.2 Å². The third kappa shape index (κ3) is 3.64. The second-order valence-corrected chi connectivity index (χ2v) is 10.4. The topological polar surface area (TPSA) is 76.8 Å². The van der Waals surface area contributed by atoms with Crippen molar-refractivity contribution in [2.24, 2.45) is 5.92 Å². The predicted molar refractivity (Wildman–Crippen MR) is 138 cm³/mol. The summed E-state index contributed by atoms with van der Waals surface area (Å²) in [5.41, 5.74) is 6.13. The van der Waals surface area contributed by atoms with Crippen molar-refractivity contribution < 1.29 is 14.3 Å². The highest BCUT2D eigenvalue weighted by Gasteiger charge is 2.44. The summed E-state index contributed by atoms with van der Waals surface area (Å²) >= 11 is 0. The lowest BCUT2D eigenvalue weighted by Gasteiger charge is -2.47. The molecule has 0 spiro atoms. The number of hydrogen-bond donors (Lipinski definition) is 0. The highest BCUT2D eigenvalue weighted by molar-refractivity contribution is 5.97. The summed E-state index contributed by atoms with van der Waals surface area (Å²) in [5.74, 6) is 0.0173. The van der Waals surface area contributed by atoms with Crippen LogP contribution in [0.15, 0.2) is 73.3 Å². The molecule has 7 rings (SSSR count). The summed E-state index contributed by atoms with van der Waals surface area (Å²) < 4.78 is 7.83. The van der Waals surface area contributed by atoms with Crippen molar-refractivity contribution in [2.45, 2.75) is 50.1 Å². The maximum atomic E-state index is 13.5. The Kier molecular flexibility index (Phi) is 5.30. The smallest absolute Gasteiger partial charge is 0.410 e. The summed E-state index contributed by atoms with van der Waals surface area (Å²) in [5, 5.41) is 0. The zero-order valence-electron chi connectivity index (χ0n) is 20.5. The van der Waals surface area contributed by atoms with Crippen LogP contribution in [0.1, 0.15) is 59.6 Å². The van der Waals surface area contributed by atoms with Gasteiger partial charge in [-0.05, 0) is 54.4 Å². The van der Waals surface area contributed by atoms with Crippen LogP contribution in [0.4, 0.5) is 4.79 Å². The largest absolute Gasteiger partial charge is 0.448 e. The molecule has 0 N–H and O–H groups in total. The Morgan fingerprint density at radius 3 is 2.30 bits per heavy atom. The number of imidazole rings is 1. The lowest BCUT2D eigenvalue weighted by atomic mass is 9.76. The number of nitrogens with zero attached hydrogens (tertiary/aromatic N) is 4. The number of ketones is 1. The second kappa shape index (κ2) is 8.83. The molecule has 2 fully saturated rings. The Balaban J connectivity index is 1.08. The van der Waals surface area contributed by atoms with E-state index in [4.69, 9.17) is 4.74 Å². The van der Waals surface area contributed by atoms with Gasteiger partial charge >= 0.3 is 6.09 Å². The van der Waals surface area contributed by atoms with Crippen molar-refractivity contribution in [2.75, 3.05) is 6.61 Å². The maximum absolute atomic E-state index is 13.5. The van der Waals surface area contributed by atoms with Gasteiger partial charge in [0.25, 0.3) is 0 Å². The van der Waals surface area contributed by atoms with Crippen molar-refractivity contribution in [1.29, 1.82) is 0 Å². The van der Waals surface area contributed by atoms with Gasteiger partial charge in [-0.2, -0.15) is 0 Å². The number of aromatic nitrogens is 3. The van der Waals surface area contributed by atoms with Crippen molar-refractivity contribution >= 4 is 17.5 Å². The van der Waals surface area contributed by atoms with Crippen LogP contribution in [0, 0.1) is 5.92 Å². The summed E-state index contributed by atoms with van der Waals surface area (Å²) in [4.78, 5) is 37.3. The minimum atomic E-state index is -0.247. The van der Waals surface area contributed by atoms with Gasteiger partial charge in [0.05, 0.1) is 12.4 Å². The van der Waals surface area contributed by atoms with Gasteiger partial charge in [-0.15, -0.1) is 0 Å². The van der Waals surface area contributed by atoms with Gasteiger partial charge in [-0.25, -0.2) is 9.78 Å². The molecule has 2 bridgehead atoms. The normalized spacial score (nSPS) is 22.5. The second-order valence-electron chi connectivity index (χ2n) is 10.4. The number of carbonyl (C=O) groups excluding carboxylic acids is 2. The average molecular weight is 493 g/mol. The number of piperidine rings is 2. The van der Waals surface area contributed by atoms with E-state index in [-0.39, 0.29) is 35.8 Å². The number of hydrogen-bond acceptors (Lipinski definition) is 5. The van der Waals surface area contributed by atoms with E-state index in [1.807, 2.05) is 21.4 Å². The third-order valence-corrected chi connectivity index (χ3v) is 8.46. The molecule has 2 saturated heterocycles. The highest BCUT2D eigenvalue weighted by atomic mass is 16.6. The molecule has 2 aliphatic heterocycles. The van der Waals surface area contributed by atoms with Gasteiger partial charge in [0.1, 0.15) is 12.3 Å². The van der Waals surface area contributed by atoms with Crippen molar-refractivity contribution in [3.8, 4) is 11.1 Å². The first-order chi connectivity index (χ1) is 18.2. The van der Waals surface area contributed by atoms with Crippen LogP contribution in [0.5, 0.6) is 0 Å². The van der Waals surface area contributed by atoms with E-state index in [0.29, 0.717) is 30.8 Å². The Morgan fingerprint density at radius 1 is 0.919 bits per heavy atom. The molecule has 7 nitrogen and oxygen atoms in total. The standard InChI is InChI=1S/C30H28N4O3/c35-29(27-16-32-28-17-31-12-13-33(27)28)19-14-20-6-5-7-21(15-19)34(20)30(36)37-18-26-24-10-3-1-8-22(24)23-9-2-4-11-25(23)26/h1-4,8-13,16-17,19-21,26H,5-7,14-15,18H2. The molecule has 2 atom stereocenters. The number of ether oxygens (including phenoxy) is 1. The van der Waals surface area contributed by atoms with Crippen molar-refractivity contribution in [3.63, 3.8) is 0 Å². The minimum absolute atomic E-state index is 0.0259. The minimum Gasteiger partial charge on any atom is -0.448 e. The first-order valence-corrected chi connectivity index (χ1v) is 13.1. The quantitative estimate of drug-likeness (QED) is 0.352. The van der Waals surface area contributed by atoms with Crippen LogP contribution in [0.3, 0.4) is 0 Å². The molecule has 0 saturated carbocycles. The van der Waals surface area contributed by atoms with Gasteiger partial charge in [0, 0.05) is 36.3 Å². The predicted octanol–water partition coefficient (Wildman–Crippen LogP) is 5.49. The van der Waals surface area contributed by atoms with Crippen LogP contribution in [0.2, 0.25) is 0 Å². The Labute approximate surface area is 215 Å². The van der Waals surface area contributed by atoms with Crippen molar-refractivity contribution in [1.82, 2.24) is 19.3 Å². The zero-order valence-corrected chi connectivity index (χ0v) is 20.5. The molecule has 37 heavy (non-hydrogen) atoms. The van der Waals surface area contributed by atoms with Crippen LogP contribution in [-0.2, 0) is 4.74 Å². The number of fused-ring (bicyclic) bond motifs is 6. The molecule has 2 aromatic heterocycles. The molecule has 7 heteroatoms. The molecule has 3 aliphatic rings. The zero-order chi connectivity index (χ0) is 24.9. The Morgan fingerprint density at radius 2 is 1.59 bits per heavy atom. The van der Waals surface area contributed by atoms with Gasteiger partial charge in [-0.1, -0.05) is 48.5 Å². The molecular weight excluding hydrogens is 464 g/mol. The highest BCUT2D eigenvalue weighted by Crippen LogP contribution is 2.45. The van der Waals surface area contributed by atoms with Crippen LogP contribution in [0.25, 0.3) is 16.8 Å². The van der Waals surface area contributed by atoms with Gasteiger partial charge in [0.15, 0.2) is 11.4 Å². The van der Waals surface area contributed by atoms with Crippen LogP contribution >= 0.6 is 0 Å². The summed E-state index contributed by atoms with van der Waals surface area (Å²) in [6.07, 6.45) is 10.7. The number of carbonyl (C=O) groups is 2. The third-order valence-electron chi connectivity index (χ3n) is 8.46. The molecule has 2 aromatic carbocycles. The molecule has 4 aromatic rings. The molecule has 4 heterocycles. The van der Waals surface area contributed by atoms with E-state index in [2.05, 4.69) is 46.4 Å². The molecule has 0 radical (unpaired) electrons. The molecule has 1 amide bonds. The fourth-order valence-electron chi connectivity index (χ4n) is 6.80. The van der Waals surface area contributed by atoms with Crippen LogP contribution < -0.4 is 0 Å². The SMILES string of the molecule is O=C(c1cnc2cnccn12)C1CC2CCCC(C1)N2C(=O)OCC1c2ccccc2-c2ccccc21. The lowest BCUT2D eigenvalue weighted by Crippen LogP contribution is -2.56. The maximum Gasteiger partial charge on any atom is 0.410 e. The number of benzene rings is 2. The molecular formula is C30H28N4O3. The molecule has 1 aliphatic carbocycles. The van der Waals surface area contributed by atoms with Gasteiger partial charge < -0.3 is 9.64 Å². The first-order valence-electron chi connectivity index (χ1n) is 13.1. The van der Waals surface area contributed by atoms with Crippen LogP contribution in [-0.4, -0.2) is 49.8 Å². The van der Waals surface area contributed by atoms with E-state index in [9.17, 15) is 9.59 Å². The van der Waals surface area contributed by atoms with E-state index in [1.165, 1.54) is 22.3 Å². The fraction of sp³-hybridized carbons (Fsp3) is 0.333. The summed E-state index contributed by atoms with van der Waals surface area (Å²) in [6.45, 7) is 0.320. The lowest BCUT2D eigenvalue weighted by molar-refractivity contribution is 0.00639. The summed E-state index contributed by atoms with van der Waals surface area (Å²) in [7, 11) is 0. The van der Waals surface area contributed by atoms with E-state index < -0.39 is 0 Å². The Bertz CT molecular complexity index is 1450. The van der Waals surface area contributed by atoms with Crippen molar-refractivity contribution in [3.05, 3.63) is 90.1 Å². The fourth-order valence-corrected chi connectivity index (χ4v) is 6.80. The first kappa shape index (κ1) is 22.2. The van der Waals surface area contributed by atoms with E-state index in [1.54, 1.807) is 24.8 Å². The molecule has 186 valence electrons.